The molecule has 1 aliphatic heterocycles. The quantitative estimate of drug-likeness (QED) is 0.821. The molecule has 1 fully saturated rings. The van der Waals surface area contributed by atoms with Gasteiger partial charge in [-0.2, -0.15) is 0 Å². The first kappa shape index (κ1) is 12.8. The van der Waals surface area contributed by atoms with E-state index in [2.05, 4.69) is 0 Å². The lowest BCUT2D eigenvalue weighted by molar-refractivity contribution is -0.140. The zero-order valence-corrected chi connectivity index (χ0v) is 10.0. The minimum Gasteiger partial charge on any atom is -0.399 e. The highest BCUT2D eigenvalue weighted by Gasteiger charge is 2.36. The van der Waals surface area contributed by atoms with E-state index in [-0.39, 0.29) is 18.7 Å². The SMILES string of the molecule is Nc1cccc(CC(=O)N2CCCC(F)(F)C2)c1. The van der Waals surface area contributed by atoms with Crippen LogP contribution in [0.15, 0.2) is 24.3 Å². The lowest BCUT2D eigenvalue weighted by Crippen LogP contribution is -2.46. The van der Waals surface area contributed by atoms with Crippen molar-refractivity contribution in [2.75, 3.05) is 18.8 Å². The van der Waals surface area contributed by atoms with Crippen LogP contribution in [0.4, 0.5) is 14.5 Å². The highest BCUT2D eigenvalue weighted by Crippen LogP contribution is 2.26. The van der Waals surface area contributed by atoms with Crippen molar-refractivity contribution in [3.8, 4) is 0 Å². The van der Waals surface area contributed by atoms with E-state index in [1.165, 1.54) is 4.90 Å². The van der Waals surface area contributed by atoms with Gasteiger partial charge in [-0.05, 0) is 24.1 Å². The Morgan fingerprint density at radius 1 is 1.44 bits per heavy atom. The van der Waals surface area contributed by atoms with Gasteiger partial charge in [0.15, 0.2) is 0 Å². The molecule has 1 amide bonds. The Kier molecular flexibility index (Phi) is 3.50. The number of carbonyl (C=O) groups excluding carboxylic acids is 1. The van der Waals surface area contributed by atoms with Crippen LogP contribution < -0.4 is 5.73 Å². The molecule has 0 saturated carbocycles. The van der Waals surface area contributed by atoms with E-state index < -0.39 is 12.5 Å². The van der Waals surface area contributed by atoms with Gasteiger partial charge < -0.3 is 10.6 Å². The molecule has 1 aliphatic rings. The minimum absolute atomic E-state index is 0.126. The Balaban J connectivity index is 2.00. The number of nitrogen functional groups attached to an aromatic ring is 1. The number of nitrogens with zero attached hydrogens (tertiary/aromatic N) is 1. The summed E-state index contributed by atoms with van der Waals surface area (Å²) < 4.78 is 26.4. The molecule has 1 aromatic rings. The van der Waals surface area contributed by atoms with Crippen molar-refractivity contribution in [2.45, 2.75) is 25.2 Å². The second kappa shape index (κ2) is 4.92. The highest BCUT2D eigenvalue weighted by atomic mass is 19.3. The molecule has 0 unspecified atom stereocenters. The van der Waals surface area contributed by atoms with Gasteiger partial charge in [0.2, 0.25) is 5.91 Å². The monoisotopic (exact) mass is 254 g/mol. The largest absolute Gasteiger partial charge is 0.399 e. The van der Waals surface area contributed by atoms with E-state index >= 15 is 0 Å². The second-order valence-electron chi connectivity index (χ2n) is 4.70. The third kappa shape index (κ3) is 3.18. The first-order chi connectivity index (χ1) is 8.46. The van der Waals surface area contributed by atoms with Crippen molar-refractivity contribution in [3.05, 3.63) is 29.8 Å². The summed E-state index contributed by atoms with van der Waals surface area (Å²) in [6, 6.07) is 6.95. The second-order valence-corrected chi connectivity index (χ2v) is 4.70. The average Bonchev–Trinajstić information content (AvgIpc) is 2.27. The molecule has 18 heavy (non-hydrogen) atoms. The molecule has 2 N–H and O–H groups in total. The summed E-state index contributed by atoms with van der Waals surface area (Å²) in [7, 11) is 0. The summed E-state index contributed by atoms with van der Waals surface area (Å²) in [4.78, 5) is 13.2. The number of hydrogen-bond donors (Lipinski definition) is 1. The van der Waals surface area contributed by atoms with Crippen LogP contribution in [0.2, 0.25) is 0 Å². The molecular weight excluding hydrogens is 238 g/mol. The molecule has 2 rings (SSSR count). The van der Waals surface area contributed by atoms with Crippen LogP contribution in [0.3, 0.4) is 0 Å². The van der Waals surface area contributed by atoms with Crippen LogP contribution in [0.5, 0.6) is 0 Å². The first-order valence-electron chi connectivity index (χ1n) is 5.96. The number of benzene rings is 1. The van der Waals surface area contributed by atoms with E-state index in [9.17, 15) is 13.6 Å². The van der Waals surface area contributed by atoms with Gasteiger partial charge in [-0.15, -0.1) is 0 Å². The third-order valence-electron chi connectivity index (χ3n) is 3.05. The Hall–Kier alpha value is -1.65. The molecule has 1 saturated heterocycles. The maximum absolute atomic E-state index is 13.2. The number of halogens is 2. The summed E-state index contributed by atoms with van der Waals surface area (Å²) in [5, 5.41) is 0. The van der Waals surface area contributed by atoms with Gasteiger partial charge in [-0.3, -0.25) is 4.79 Å². The van der Waals surface area contributed by atoms with E-state index in [0.717, 1.165) is 5.56 Å². The Bertz CT molecular complexity index is 448. The standard InChI is InChI=1S/C13H16F2N2O/c14-13(15)5-2-6-17(9-13)12(18)8-10-3-1-4-11(16)7-10/h1,3-4,7H,2,5-6,8-9,16H2. The maximum Gasteiger partial charge on any atom is 0.265 e. The summed E-state index contributed by atoms with van der Waals surface area (Å²) in [6.07, 6.45) is 0.353. The van der Waals surface area contributed by atoms with E-state index in [1.54, 1.807) is 24.3 Å². The zero-order valence-electron chi connectivity index (χ0n) is 10.0. The predicted octanol–water partition coefficient (Wildman–Crippen LogP) is 2.07. The molecule has 0 bridgehead atoms. The smallest absolute Gasteiger partial charge is 0.265 e. The first-order valence-corrected chi connectivity index (χ1v) is 5.96. The van der Waals surface area contributed by atoms with Gasteiger partial charge in [-0.25, -0.2) is 8.78 Å². The molecule has 1 heterocycles. The summed E-state index contributed by atoms with van der Waals surface area (Å²) in [6.45, 7) is -0.0507. The van der Waals surface area contributed by atoms with Crippen molar-refractivity contribution < 1.29 is 13.6 Å². The average molecular weight is 254 g/mol. The number of nitrogens with two attached hydrogens (primary N) is 1. The van der Waals surface area contributed by atoms with Gasteiger partial charge >= 0.3 is 0 Å². The summed E-state index contributed by atoms with van der Waals surface area (Å²) >= 11 is 0. The lowest BCUT2D eigenvalue weighted by atomic mass is 10.1. The van der Waals surface area contributed by atoms with Crippen molar-refractivity contribution in [1.82, 2.24) is 4.90 Å². The molecule has 1 aromatic carbocycles. The molecule has 0 radical (unpaired) electrons. The topological polar surface area (TPSA) is 46.3 Å². The van der Waals surface area contributed by atoms with Gasteiger partial charge in [0.25, 0.3) is 5.92 Å². The number of anilines is 1. The van der Waals surface area contributed by atoms with Crippen molar-refractivity contribution >= 4 is 11.6 Å². The highest BCUT2D eigenvalue weighted by molar-refractivity contribution is 5.79. The van der Waals surface area contributed by atoms with Gasteiger partial charge in [0.1, 0.15) is 0 Å². The molecule has 0 spiro atoms. The maximum atomic E-state index is 13.2. The summed E-state index contributed by atoms with van der Waals surface area (Å²) in [5.41, 5.74) is 6.94. The van der Waals surface area contributed by atoms with Crippen molar-refractivity contribution in [3.63, 3.8) is 0 Å². The van der Waals surface area contributed by atoms with Gasteiger partial charge in [0.05, 0.1) is 13.0 Å². The van der Waals surface area contributed by atoms with Crippen LogP contribution in [0.1, 0.15) is 18.4 Å². The van der Waals surface area contributed by atoms with Gasteiger partial charge in [-0.1, -0.05) is 12.1 Å². The Morgan fingerprint density at radius 3 is 2.89 bits per heavy atom. The van der Waals surface area contributed by atoms with Crippen LogP contribution in [-0.4, -0.2) is 29.8 Å². The van der Waals surface area contributed by atoms with Crippen LogP contribution in [-0.2, 0) is 11.2 Å². The molecule has 0 aromatic heterocycles. The van der Waals surface area contributed by atoms with Gasteiger partial charge in [0, 0.05) is 18.7 Å². The third-order valence-corrected chi connectivity index (χ3v) is 3.05. The molecule has 0 atom stereocenters. The summed E-state index contributed by atoms with van der Waals surface area (Å²) in [5.74, 6) is -3.01. The number of alkyl halides is 2. The van der Waals surface area contributed by atoms with Crippen molar-refractivity contribution in [1.29, 1.82) is 0 Å². The zero-order chi connectivity index (χ0) is 13.2. The minimum atomic E-state index is -2.75. The number of carbonyl (C=O) groups is 1. The fourth-order valence-corrected chi connectivity index (χ4v) is 2.17. The van der Waals surface area contributed by atoms with Crippen LogP contribution >= 0.6 is 0 Å². The molecular formula is C13H16F2N2O. The Morgan fingerprint density at radius 2 is 2.22 bits per heavy atom. The number of likely N-dealkylation sites (tertiary alicyclic amines) is 1. The fraction of sp³-hybridized carbons (Fsp3) is 0.462. The van der Waals surface area contributed by atoms with Crippen molar-refractivity contribution in [2.24, 2.45) is 0 Å². The predicted molar refractivity (Wildman–Crippen MR) is 65.3 cm³/mol. The van der Waals surface area contributed by atoms with Crippen LogP contribution in [0.25, 0.3) is 0 Å². The molecule has 3 nitrogen and oxygen atoms in total. The molecule has 98 valence electrons. The van der Waals surface area contributed by atoms with E-state index in [4.69, 9.17) is 5.73 Å². The van der Waals surface area contributed by atoms with Crippen LogP contribution in [0, 0.1) is 0 Å². The molecule has 0 aliphatic carbocycles. The normalized spacial score (nSPS) is 18.7. The number of rotatable bonds is 2. The number of hydrogen-bond acceptors (Lipinski definition) is 2. The van der Waals surface area contributed by atoms with E-state index in [0.29, 0.717) is 18.7 Å². The van der Waals surface area contributed by atoms with E-state index in [1.807, 2.05) is 0 Å². The molecule has 5 heteroatoms. The number of piperidine rings is 1. The Labute approximate surface area is 105 Å². The number of amides is 1. The lowest BCUT2D eigenvalue weighted by Gasteiger charge is -2.32. The fourth-order valence-electron chi connectivity index (χ4n) is 2.17.